The summed E-state index contributed by atoms with van der Waals surface area (Å²) in [6, 6.07) is 69.8. The molecule has 0 N–H and O–H groups in total. The average molecular weight is 729 g/mol. The molecule has 0 saturated heterocycles. The van der Waals surface area contributed by atoms with Gasteiger partial charge in [0.1, 0.15) is 0 Å². The summed E-state index contributed by atoms with van der Waals surface area (Å²) in [5, 5.41) is 2.17. The van der Waals surface area contributed by atoms with E-state index >= 15 is 0 Å². The lowest BCUT2D eigenvalue weighted by Crippen LogP contribution is -1.96. The molecule has 0 unspecified atom stereocenters. The minimum atomic E-state index is 0.686. The van der Waals surface area contributed by atoms with Gasteiger partial charge in [-0.2, -0.15) is 0 Å². The first-order valence-corrected chi connectivity index (χ1v) is 19.2. The molecule has 4 heteroatoms. The predicted molar refractivity (Wildman–Crippen MR) is 235 cm³/mol. The molecule has 57 heavy (non-hydrogen) atoms. The molecule has 10 aromatic rings. The number of aromatic nitrogens is 4. The standard InChI is InChI=1S/C53H36N4/c1-35-32-47(39-14-7-3-8-15-39)46-30-28-42-29-31-48(55-51(42)52(46)54-35)45-19-11-18-44(33-45)38-22-26-43(27-23-38)53-56-49(40-16-9-4-10-17-40)34-50(57-53)41-24-20-37(21-25-41)36-12-5-2-6-13-36/h2-34H,1H3. The average Bonchev–Trinajstić information content (AvgIpc) is 3.29. The normalized spacial score (nSPS) is 11.2. The zero-order chi connectivity index (χ0) is 38.1. The Morgan fingerprint density at radius 1 is 0.298 bits per heavy atom. The molecule has 0 amide bonds. The molecule has 0 fully saturated rings. The van der Waals surface area contributed by atoms with Crippen LogP contribution in [0.5, 0.6) is 0 Å². The van der Waals surface area contributed by atoms with Gasteiger partial charge in [0, 0.05) is 38.7 Å². The lowest BCUT2D eigenvalue weighted by Gasteiger charge is -2.12. The SMILES string of the molecule is Cc1cc(-c2ccccc2)c2ccc3ccc(-c4cccc(-c5ccc(-c6nc(-c7ccccc7)cc(-c7ccc(-c8ccccc8)cc7)n6)cc5)c4)nc3c2n1. The van der Waals surface area contributed by atoms with Gasteiger partial charge in [0.2, 0.25) is 0 Å². The Balaban J connectivity index is 0.987. The largest absolute Gasteiger partial charge is 0.251 e. The highest BCUT2D eigenvalue weighted by molar-refractivity contribution is 6.08. The molecule has 10 rings (SSSR count). The van der Waals surface area contributed by atoms with Crippen molar-refractivity contribution in [2.45, 2.75) is 6.92 Å². The van der Waals surface area contributed by atoms with Crippen LogP contribution in [0.2, 0.25) is 0 Å². The second kappa shape index (κ2) is 14.6. The van der Waals surface area contributed by atoms with Crippen LogP contribution in [0.4, 0.5) is 0 Å². The van der Waals surface area contributed by atoms with Gasteiger partial charge in [-0.3, -0.25) is 4.98 Å². The molecular formula is C53H36N4. The van der Waals surface area contributed by atoms with Gasteiger partial charge in [-0.15, -0.1) is 0 Å². The summed E-state index contributed by atoms with van der Waals surface area (Å²) in [7, 11) is 0. The van der Waals surface area contributed by atoms with E-state index < -0.39 is 0 Å². The summed E-state index contributed by atoms with van der Waals surface area (Å²) in [4.78, 5) is 20.4. The van der Waals surface area contributed by atoms with E-state index in [1.807, 2.05) is 30.3 Å². The van der Waals surface area contributed by atoms with E-state index in [0.29, 0.717) is 5.82 Å². The second-order valence-electron chi connectivity index (χ2n) is 14.3. The third kappa shape index (κ3) is 6.75. The maximum Gasteiger partial charge on any atom is 0.160 e. The monoisotopic (exact) mass is 728 g/mol. The van der Waals surface area contributed by atoms with E-state index in [4.69, 9.17) is 19.9 Å². The van der Waals surface area contributed by atoms with Crippen molar-refractivity contribution in [1.29, 1.82) is 0 Å². The number of pyridine rings is 2. The predicted octanol–water partition coefficient (Wildman–Crippen LogP) is 13.6. The number of aryl methyl sites for hydroxylation is 1. The Labute approximate surface area is 331 Å². The minimum absolute atomic E-state index is 0.686. The molecule has 3 aromatic heterocycles. The minimum Gasteiger partial charge on any atom is -0.251 e. The molecule has 0 atom stereocenters. The van der Waals surface area contributed by atoms with Crippen LogP contribution in [0.3, 0.4) is 0 Å². The molecule has 0 bridgehead atoms. The van der Waals surface area contributed by atoms with E-state index in [2.05, 4.69) is 177 Å². The van der Waals surface area contributed by atoms with Crippen LogP contribution in [-0.2, 0) is 0 Å². The van der Waals surface area contributed by atoms with Gasteiger partial charge in [0.15, 0.2) is 5.82 Å². The van der Waals surface area contributed by atoms with Crippen molar-refractivity contribution in [2.75, 3.05) is 0 Å². The van der Waals surface area contributed by atoms with Gasteiger partial charge in [0.25, 0.3) is 0 Å². The highest BCUT2D eigenvalue weighted by Crippen LogP contribution is 2.35. The Bertz CT molecular complexity index is 3030. The molecule has 7 aromatic carbocycles. The summed E-state index contributed by atoms with van der Waals surface area (Å²) in [5.41, 5.74) is 16.5. The van der Waals surface area contributed by atoms with Gasteiger partial charge >= 0.3 is 0 Å². The van der Waals surface area contributed by atoms with Crippen LogP contribution in [0, 0.1) is 6.92 Å². The number of hydrogen-bond acceptors (Lipinski definition) is 4. The summed E-state index contributed by atoms with van der Waals surface area (Å²) in [6.45, 7) is 2.05. The van der Waals surface area contributed by atoms with Gasteiger partial charge in [-0.1, -0.05) is 176 Å². The molecule has 0 spiro atoms. The van der Waals surface area contributed by atoms with E-state index in [0.717, 1.165) is 78.0 Å². The number of rotatable bonds is 7. The topological polar surface area (TPSA) is 51.6 Å². The molecule has 0 radical (unpaired) electrons. The third-order valence-corrected chi connectivity index (χ3v) is 10.6. The van der Waals surface area contributed by atoms with Gasteiger partial charge in [0.05, 0.1) is 28.1 Å². The molecule has 3 heterocycles. The first kappa shape index (κ1) is 34.0. The van der Waals surface area contributed by atoms with Crippen LogP contribution in [-0.4, -0.2) is 19.9 Å². The van der Waals surface area contributed by atoms with Gasteiger partial charge < -0.3 is 0 Å². The zero-order valence-corrected chi connectivity index (χ0v) is 31.3. The van der Waals surface area contributed by atoms with Crippen molar-refractivity contribution in [3.05, 3.63) is 206 Å². The van der Waals surface area contributed by atoms with E-state index in [-0.39, 0.29) is 0 Å². The fourth-order valence-electron chi connectivity index (χ4n) is 7.63. The molecule has 0 aliphatic heterocycles. The molecular weight excluding hydrogens is 693 g/mol. The summed E-state index contributed by atoms with van der Waals surface area (Å²) >= 11 is 0. The van der Waals surface area contributed by atoms with Crippen LogP contribution in [0.15, 0.2) is 200 Å². The van der Waals surface area contributed by atoms with E-state index in [1.165, 1.54) is 22.3 Å². The van der Waals surface area contributed by atoms with Crippen molar-refractivity contribution < 1.29 is 0 Å². The summed E-state index contributed by atoms with van der Waals surface area (Å²) in [6.07, 6.45) is 0. The number of hydrogen-bond donors (Lipinski definition) is 0. The molecule has 0 saturated carbocycles. The number of nitrogens with zero attached hydrogens (tertiary/aromatic N) is 4. The first-order chi connectivity index (χ1) is 28.1. The quantitative estimate of drug-likeness (QED) is 0.153. The highest BCUT2D eigenvalue weighted by Gasteiger charge is 2.14. The fraction of sp³-hybridized carbons (Fsp3) is 0.0189. The third-order valence-electron chi connectivity index (χ3n) is 10.6. The Kier molecular flexibility index (Phi) is 8.69. The summed E-state index contributed by atoms with van der Waals surface area (Å²) in [5.74, 6) is 0.686. The van der Waals surface area contributed by atoms with E-state index in [9.17, 15) is 0 Å². The highest BCUT2D eigenvalue weighted by atomic mass is 14.9. The second-order valence-corrected chi connectivity index (χ2v) is 14.3. The maximum atomic E-state index is 5.25. The van der Waals surface area contributed by atoms with Crippen LogP contribution in [0.25, 0.3) is 100 Å². The van der Waals surface area contributed by atoms with Crippen LogP contribution >= 0.6 is 0 Å². The van der Waals surface area contributed by atoms with E-state index in [1.54, 1.807) is 0 Å². The van der Waals surface area contributed by atoms with Crippen molar-refractivity contribution in [2.24, 2.45) is 0 Å². The maximum absolute atomic E-state index is 5.25. The van der Waals surface area contributed by atoms with Crippen molar-refractivity contribution >= 4 is 21.8 Å². The zero-order valence-electron chi connectivity index (χ0n) is 31.3. The summed E-state index contributed by atoms with van der Waals surface area (Å²) < 4.78 is 0. The Morgan fingerprint density at radius 3 is 1.49 bits per heavy atom. The lowest BCUT2D eigenvalue weighted by atomic mass is 9.98. The molecule has 0 aliphatic rings. The van der Waals surface area contributed by atoms with Crippen LogP contribution in [0.1, 0.15) is 5.69 Å². The van der Waals surface area contributed by atoms with Crippen LogP contribution < -0.4 is 0 Å². The lowest BCUT2D eigenvalue weighted by molar-refractivity contribution is 1.18. The number of benzene rings is 7. The van der Waals surface area contributed by atoms with Crippen molar-refractivity contribution in [3.8, 4) is 78.5 Å². The Hall–Kier alpha value is -7.56. The number of fused-ring (bicyclic) bond motifs is 3. The smallest absolute Gasteiger partial charge is 0.160 e. The van der Waals surface area contributed by atoms with Gasteiger partial charge in [-0.05, 0) is 64.6 Å². The molecule has 4 nitrogen and oxygen atoms in total. The molecule has 268 valence electrons. The van der Waals surface area contributed by atoms with Crippen molar-refractivity contribution in [3.63, 3.8) is 0 Å². The fourth-order valence-corrected chi connectivity index (χ4v) is 7.63. The Morgan fingerprint density at radius 2 is 0.807 bits per heavy atom. The van der Waals surface area contributed by atoms with Crippen molar-refractivity contribution in [1.82, 2.24) is 19.9 Å². The molecule has 0 aliphatic carbocycles. The first-order valence-electron chi connectivity index (χ1n) is 19.2. The van der Waals surface area contributed by atoms with Gasteiger partial charge in [-0.25, -0.2) is 15.0 Å².